The van der Waals surface area contributed by atoms with Crippen LogP contribution in [0.15, 0.2) is 11.6 Å². The van der Waals surface area contributed by atoms with E-state index < -0.39 is 6.04 Å². The maximum absolute atomic E-state index is 13.8. The van der Waals surface area contributed by atoms with Crippen molar-refractivity contribution in [3.8, 4) is 0 Å². The molecule has 2 rings (SSSR count). The van der Waals surface area contributed by atoms with Gasteiger partial charge in [0.2, 0.25) is 11.8 Å². The molecule has 3 atom stereocenters. The summed E-state index contributed by atoms with van der Waals surface area (Å²) < 4.78 is 5.13. The molecule has 1 saturated heterocycles. The molecule has 1 unspecified atom stereocenters. The molecule has 0 aromatic carbocycles. The van der Waals surface area contributed by atoms with Gasteiger partial charge in [0.15, 0.2) is 0 Å². The van der Waals surface area contributed by atoms with E-state index in [1.54, 1.807) is 25.8 Å². The van der Waals surface area contributed by atoms with E-state index in [4.69, 9.17) is 4.74 Å². The van der Waals surface area contributed by atoms with Gasteiger partial charge >= 0.3 is 5.97 Å². The quantitative estimate of drug-likeness (QED) is 0.381. The normalized spacial score (nSPS) is 22.0. The predicted octanol–water partition coefficient (Wildman–Crippen LogP) is 3.92. The van der Waals surface area contributed by atoms with Crippen LogP contribution < -0.4 is 5.32 Å². The molecule has 194 valence electrons. The van der Waals surface area contributed by atoms with Gasteiger partial charge < -0.3 is 15.0 Å². The Morgan fingerprint density at radius 2 is 1.68 bits per heavy atom. The highest BCUT2D eigenvalue weighted by molar-refractivity contribution is 5.91. The molecule has 0 spiro atoms. The molecule has 7 nitrogen and oxygen atoms in total. The van der Waals surface area contributed by atoms with E-state index in [1.807, 2.05) is 19.9 Å². The minimum Gasteiger partial charge on any atom is -0.463 e. The van der Waals surface area contributed by atoms with Gasteiger partial charge in [-0.1, -0.05) is 39.2 Å². The van der Waals surface area contributed by atoms with Gasteiger partial charge in [0, 0.05) is 18.7 Å². The van der Waals surface area contributed by atoms with Crippen LogP contribution in [-0.2, 0) is 19.1 Å². The largest absolute Gasteiger partial charge is 0.463 e. The summed E-state index contributed by atoms with van der Waals surface area (Å²) in [6.07, 6.45) is 8.89. The third kappa shape index (κ3) is 7.30. The first-order valence-corrected chi connectivity index (χ1v) is 13.3. The molecule has 1 heterocycles. The second kappa shape index (κ2) is 13.3. The van der Waals surface area contributed by atoms with Crippen molar-refractivity contribution in [3.63, 3.8) is 0 Å². The van der Waals surface area contributed by atoms with Crippen LogP contribution in [0.3, 0.4) is 0 Å². The Hall–Kier alpha value is -1.89. The first kappa shape index (κ1) is 28.3. The van der Waals surface area contributed by atoms with Crippen LogP contribution in [0.5, 0.6) is 0 Å². The molecule has 1 saturated carbocycles. The summed E-state index contributed by atoms with van der Waals surface area (Å²) >= 11 is 0. The highest BCUT2D eigenvalue weighted by Gasteiger charge is 2.39. The molecule has 2 amide bonds. The molecule has 0 aromatic heterocycles. The van der Waals surface area contributed by atoms with Gasteiger partial charge in [-0.25, -0.2) is 4.79 Å². The minimum absolute atomic E-state index is 0.0219. The van der Waals surface area contributed by atoms with Crippen LogP contribution in [-0.4, -0.2) is 72.0 Å². The molecular weight excluding hydrogens is 430 g/mol. The summed E-state index contributed by atoms with van der Waals surface area (Å²) in [4.78, 5) is 43.5. The molecule has 0 radical (unpaired) electrons. The van der Waals surface area contributed by atoms with Crippen molar-refractivity contribution in [2.45, 2.75) is 111 Å². The fraction of sp³-hybridized carbons (Fsp3) is 0.815. The lowest BCUT2D eigenvalue weighted by molar-refractivity contribution is -0.141. The number of esters is 1. The van der Waals surface area contributed by atoms with Crippen molar-refractivity contribution >= 4 is 17.8 Å². The minimum atomic E-state index is -0.534. The van der Waals surface area contributed by atoms with Gasteiger partial charge in [-0.05, 0) is 71.8 Å². The number of carbonyl (C=O) groups is 3. The molecule has 1 N–H and O–H groups in total. The fourth-order valence-corrected chi connectivity index (χ4v) is 5.46. The number of likely N-dealkylation sites (N-methyl/N-ethyl adjacent to an activating group) is 1. The Morgan fingerprint density at radius 3 is 2.24 bits per heavy atom. The molecule has 2 fully saturated rings. The molecule has 0 bridgehead atoms. The van der Waals surface area contributed by atoms with E-state index in [1.165, 1.54) is 0 Å². The smallest absolute Gasteiger partial charge is 0.333 e. The van der Waals surface area contributed by atoms with Gasteiger partial charge in [-0.15, -0.1) is 0 Å². The Balaban J connectivity index is 2.25. The van der Waals surface area contributed by atoms with Crippen LogP contribution in [0.4, 0.5) is 0 Å². The summed E-state index contributed by atoms with van der Waals surface area (Å²) in [5.41, 5.74) is 0.497. The summed E-state index contributed by atoms with van der Waals surface area (Å²) in [6, 6.07) is -0.684. The van der Waals surface area contributed by atoms with Gasteiger partial charge in [-0.3, -0.25) is 14.5 Å². The molecule has 1 aliphatic heterocycles. The Bertz CT molecular complexity index is 727. The third-order valence-electron chi connectivity index (χ3n) is 7.44. The number of piperidine rings is 1. The number of amides is 2. The Kier molecular flexibility index (Phi) is 11.1. The number of hydrogen-bond donors (Lipinski definition) is 1. The van der Waals surface area contributed by atoms with E-state index in [0.717, 1.165) is 51.5 Å². The molecular formula is C27H47N3O4. The number of likely N-dealkylation sites (tertiary alicyclic amines) is 1. The monoisotopic (exact) mass is 477 g/mol. The maximum Gasteiger partial charge on any atom is 0.333 e. The van der Waals surface area contributed by atoms with E-state index in [-0.39, 0.29) is 41.7 Å². The fourth-order valence-electron chi connectivity index (χ4n) is 5.46. The Labute approximate surface area is 206 Å². The summed E-state index contributed by atoms with van der Waals surface area (Å²) in [5, 5.41) is 3.20. The van der Waals surface area contributed by atoms with Crippen molar-refractivity contribution < 1.29 is 19.1 Å². The highest BCUT2D eigenvalue weighted by Crippen LogP contribution is 2.30. The lowest BCUT2D eigenvalue weighted by Crippen LogP contribution is -2.59. The second-order valence-corrected chi connectivity index (χ2v) is 10.6. The van der Waals surface area contributed by atoms with Crippen LogP contribution in [0.2, 0.25) is 0 Å². The number of nitrogens with one attached hydrogen (secondary N) is 1. The molecule has 1 aliphatic carbocycles. The van der Waals surface area contributed by atoms with E-state index in [0.29, 0.717) is 18.2 Å². The van der Waals surface area contributed by atoms with Gasteiger partial charge in [-0.2, -0.15) is 0 Å². The van der Waals surface area contributed by atoms with Gasteiger partial charge in [0.1, 0.15) is 6.04 Å². The molecule has 0 aromatic rings. The number of rotatable bonds is 10. The van der Waals surface area contributed by atoms with E-state index in [2.05, 4.69) is 24.1 Å². The average molecular weight is 478 g/mol. The zero-order valence-corrected chi connectivity index (χ0v) is 22.4. The number of nitrogens with zero attached hydrogens (tertiary/aromatic N) is 2. The van der Waals surface area contributed by atoms with Crippen molar-refractivity contribution in [2.24, 2.45) is 11.8 Å². The standard InChI is InChI=1S/C27H47N3O4/c1-8-34-27(33)20(6)17-23(18(2)3)29(7)26(32)24(21-13-9-10-14-21)28-25(31)22-15-11-12-16-30(22)19(4)5/h17-19,21-24H,8-16H2,1-7H3,(H,28,31)/t22?,23-,24-/m1/s1. The topological polar surface area (TPSA) is 79.0 Å². The number of ether oxygens (including phenoxy) is 1. The number of carbonyl (C=O) groups excluding carboxylic acids is 3. The van der Waals surface area contributed by atoms with Crippen molar-refractivity contribution in [3.05, 3.63) is 11.6 Å². The summed E-state index contributed by atoms with van der Waals surface area (Å²) in [5.74, 6) is -0.197. The van der Waals surface area contributed by atoms with E-state index in [9.17, 15) is 14.4 Å². The van der Waals surface area contributed by atoms with Crippen molar-refractivity contribution in [1.29, 1.82) is 0 Å². The lowest BCUT2D eigenvalue weighted by atomic mass is 9.93. The number of hydrogen-bond acceptors (Lipinski definition) is 5. The van der Waals surface area contributed by atoms with Gasteiger partial charge in [0.05, 0.1) is 18.7 Å². The zero-order valence-electron chi connectivity index (χ0n) is 22.4. The SMILES string of the molecule is CCOC(=O)C(C)=C[C@H](C(C)C)N(C)C(=O)[C@H](NC(=O)C1CCCCN1C(C)C)C1CCCC1. The van der Waals surface area contributed by atoms with Crippen LogP contribution in [0.1, 0.15) is 86.5 Å². The first-order chi connectivity index (χ1) is 16.1. The summed E-state index contributed by atoms with van der Waals surface area (Å²) in [6.45, 7) is 13.1. The molecule has 2 aliphatic rings. The van der Waals surface area contributed by atoms with Gasteiger partial charge in [0.25, 0.3) is 0 Å². The average Bonchev–Trinajstić information content (AvgIpc) is 3.34. The Morgan fingerprint density at radius 1 is 1.06 bits per heavy atom. The van der Waals surface area contributed by atoms with Crippen molar-refractivity contribution in [1.82, 2.24) is 15.1 Å². The zero-order chi connectivity index (χ0) is 25.4. The second-order valence-electron chi connectivity index (χ2n) is 10.6. The first-order valence-electron chi connectivity index (χ1n) is 13.3. The van der Waals surface area contributed by atoms with E-state index >= 15 is 0 Å². The predicted molar refractivity (Wildman–Crippen MR) is 135 cm³/mol. The molecule has 7 heteroatoms. The third-order valence-corrected chi connectivity index (χ3v) is 7.44. The summed E-state index contributed by atoms with van der Waals surface area (Å²) in [7, 11) is 1.79. The van der Waals surface area contributed by atoms with Crippen molar-refractivity contribution in [2.75, 3.05) is 20.2 Å². The van der Waals surface area contributed by atoms with Crippen LogP contribution in [0.25, 0.3) is 0 Å². The highest BCUT2D eigenvalue weighted by atomic mass is 16.5. The van der Waals surface area contributed by atoms with Crippen LogP contribution >= 0.6 is 0 Å². The maximum atomic E-state index is 13.8. The van der Waals surface area contributed by atoms with Crippen LogP contribution in [0, 0.1) is 11.8 Å². The lowest BCUT2D eigenvalue weighted by Gasteiger charge is -2.39. The molecule has 34 heavy (non-hydrogen) atoms.